The van der Waals surface area contributed by atoms with Crippen LogP contribution in [0, 0.1) is 0 Å². The molecule has 3 N–H and O–H groups in total. The molecular formula is C20H29N3O4S. The minimum atomic E-state index is -3.56. The molecule has 0 spiro atoms. The quantitative estimate of drug-likeness (QED) is 0.518. The van der Waals surface area contributed by atoms with Crippen LogP contribution < -0.4 is 20.1 Å². The maximum atomic E-state index is 12.4. The van der Waals surface area contributed by atoms with Gasteiger partial charge in [-0.3, -0.25) is 4.79 Å². The zero-order chi connectivity index (χ0) is 20.0. The molecule has 2 aliphatic rings. The van der Waals surface area contributed by atoms with E-state index in [1.54, 1.807) is 6.07 Å². The fourth-order valence-electron chi connectivity index (χ4n) is 3.21. The van der Waals surface area contributed by atoms with Crippen LogP contribution in [0.1, 0.15) is 44.9 Å². The number of ether oxygens (including phenoxy) is 1. The van der Waals surface area contributed by atoms with Gasteiger partial charge in [-0.2, -0.15) is 0 Å². The van der Waals surface area contributed by atoms with Gasteiger partial charge in [0.05, 0.1) is 24.2 Å². The summed E-state index contributed by atoms with van der Waals surface area (Å²) in [5, 5.41) is 5.89. The summed E-state index contributed by atoms with van der Waals surface area (Å²) in [7, 11) is -2.05. The summed E-state index contributed by atoms with van der Waals surface area (Å²) in [5.74, 6) is 0.355. The highest BCUT2D eigenvalue weighted by atomic mass is 32.2. The van der Waals surface area contributed by atoms with E-state index in [1.165, 1.54) is 37.7 Å². The van der Waals surface area contributed by atoms with Crippen molar-refractivity contribution in [1.29, 1.82) is 0 Å². The van der Waals surface area contributed by atoms with Gasteiger partial charge in [0.15, 0.2) is 0 Å². The van der Waals surface area contributed by atoms with Crippen molar-refractivity contribution in [3.8, 4) is 5.75 Å². The summed E-state index contributed by atoms with van der Waals surface area (Å²) in [5.41, 5.74) is 1.90. The SMILES string of the molecule is COc1ccc(S(=O)(=O)NC2CC2)cc1NCC(=O)NCCC1=CCCCC1. The normalized spacial score (nSPS) is 17.0. The lowest BCUT2D eigenvalue weighted by Crippen LogP contribution is -2.31. The monoisotopic (exact) mass is 407 g/mol. The van der Waals surface area contributed by atoms with Crippen LogP contribution in [0.3, 0.4) is 0 Å². The lowest BCUT2D eigenvalue weighted by atomic mass is 9.97. The van der Waals surface area contributed by atoms with Gasteiger partial charge in [0.25, 0.3) is 0 Å². The number of rotatable bonds is 10. The Morgan fingerprint density at radius 3 is 2.75 bits per heavy atom. The van der Waals surface area contributed by atoms with Crippen molar-refractivity contribution in [2.45, 2.75) is 55.9 Å². The van der Waals surface area contributed by atoms with Crippen molar-refractivity contribution < 1.29 is 17.9 Å². The fraction of sp³-hybridized carbons (Fsp3) is 0.550. The first-order chi connectivity index (χ1) is 13.5. The largest absolute Gasteiger partial charge is 0.495 e. The molecule has 1 saturated carbocycles. The van der Waals surface area contributed by atoms with Gasteiger partial charge in [-0.05, 0) is 63.1 Å². The van der Waals surface area contributed by atoms with Gasteiger partial charge in [0.1, 0.15) is 5.75 Å². The molecule has 0 atom stereocenters. The van der Waals surface area contributed by atoms with Crippen LogP contribution in [0.4, 0.5) is 5.69 Å². The van der Waals surface area contributed by atoms with Gasteiger partial charge in [-0.15, -0.1) is 0 Å². The third-order valence-corrected chi connectivity index (χ3v) is 6.49. The summed E-state index contributed by atoms with van der Waals surface area (Å²) in [6.07, 6.45) is 9.66. The van der Waals surface area contributed by atoms with E-state index in [-0.39, 0.29) is 23.4 Å². The van der Waals surface area contributed by atoms with Gasteiger partial charge >= 0.3 is 0 Å². The molecule has 3 rings (SSSR count). The van der Waals surface area contributed by atoms with Crippen molar-refractivity contribution in [1.82, 2.24) is 10.0 Å². The number of amides is 1. The smallest absolute Gasteiger partial charge is 0.240 e. The second-order valence-electron chi connectivity index (χ2n) is 7.32. The van der Waals surface area contributed by atoms with Gasteiger partial charge in [0.2, 0.25) is 15.9 Å². The molecule has 0 aliphatic heterocycles. The third kappa shape index (κ3) is 5.97. The maximum absolute atomic E-state index is 12.4. The van der Waals surface area contributed by atoms with Gasteiger partial charge < -0.3 is 15.4 Å². The zero-order valence-electron chi connectivity index (χ0n) is 16.3. The van der Waals surface area contributed by atoms with E-state index in [0.29, 0.717) is 18.0 Å². The predicted octanol–water partition coefficient (Wildman–Crippen LogP) is 2.55. The summed E-state index contributed by atoms with van der Waals surface area (Å²) in [4.78, 5) is 12.3. The number of carbonyl (C=O) groups is 1. The lowest BCUT2D eigenvalue weighted by Gasteiger charge is -2.15. The van der Waals surface area contributed by atoms with Crippen LogP contribution in [0.2, 0.25) is 0 Å². The molecule has 0 radical (unpaired) electrons. The summed E-state index contributed by atoms with van der Waals surface area (Å²) in [6.45, 7) is 0.665. The molecule has 0 saturated heterocycles. The predicted molar refractivity (Wildman–Crippen MR) is 109 cm³/mol. The van der Waals surface area contributed by atoms with Crippen LogP contribution in [0.5, 0.6) is 5.75 Å². The van der Waals surface area contributed by atoms with E-state index in [2.05, 4.69) is 21.4 Å². The number of hydrogen-bond acceptors (Lipinski definition) is 5. The van der Waals surface area contributed by atoms with Crippen LogP contribution in [0.15, 0.2) is 34.7 Å². The molecule has 1 amide bonds. The molecule has 0 unspecified atom stereocenters. The van der Waals surface area contributed by atoms with E-state index >= 15 is 0 Å². The van der Waals surface area contributed by atoms with Crippen LogP contribution in [-0.4, -0.2) is 40.6 Å². The van der Waals surface area contributed by atoms with E-state index in [4.69, 9.17) is 4.74 Å². The Kier molecular flexibility index (Phi) is 6.96. The summed E-state index contributed by atoms with van der Waals surface area (Å²) < 4.78 is 32.7. The Morgan fingerprint density at radius 1 is 1.25 bits per heavy atom. The molecule has 1 aromatic carbocycles. The van der Waals surface area contributed by atoms with Gasteiger partial charge in [-0.25, -0.2) is 13.1 Å². The number of allylic oxidation sites excluding steroid dienone is 1. The first-order valence-corrected chi connectivity index (χ1v) is 11.3. The molecule has 0 bridgehead atoms. The fourth-order valence-corrected chi connectivity index (χ4v) is 4.54. The van der Waals surface area contributed by atoms with Crippen molar-refractivity contribution in [2.75, 3.05) is 25.5 Å². The summed E-state index contributed by atoms with van der Waals surface area (Å²) in [6, 6.07) is 4.64. The molecule has 7 nitrogen and oxygen atoms in total. The average molecular weight is 408 g/mol. The third-order valence-electron chi connectivity index (χ3n) is 4.97. The molecule has 28 heavy (non-hydrogen) atoms. The van der Waals surface area contributed by atoms with Gasteiger partial charge in [-0.1, -0.05) is 11.6 Å². The Hall–Kier alpha value is -2.06. The van der Waals surface area contributed by atoms with Crippen molar-refractivity contribution >= 4 is 21.6 Å². The topological polar surface area (TPSA) is 96.5 Å². The molecule has 0 aromatic heterocycles. The average Bonchev–Trinajstić information content (AvgIpc) is 3.50. The Morgan fingerprint density at radius 2 is 2.07 bits per heavy atom. The minimum Gasteiger partial charge on any atom is -0.495 e. The van der Waals surface area contributed by atoms with Crippen molar-refractivity contribution in [3.63, 3.8) is 0 Å². The lowest BCUT2D eigenvalue weighted by molar-refractivity contribution is -0.119. The second-order valence-corrected chi connectivity index (χ2v) is 9.03. The number of sulfonamides is 1. The van der Waals surface area contributed by atoms with Crippen molar-refractivity contribution in [3.05, 3.63) is 29.8 Å². The first-order valence-electron chi connectivity index (χ1n) is 9.87. The first kappa shape index (κ1) is 20.7. The van der Waals surface area contributed by atoms with E-state index in [9.17, 15) is 13.2 Å². The van der Waals surface area contributed by atoms with Crippen LogP contribution in [-0.2, 0) is 14.8 Å². The van der Waals surface area contributed by atoms with Crippen LogP contribution in [0.25, 0.3) is 0 Å². The van der Waals surface area contributed by atoms with Crippen LogP contribution >= 0.6 is 0 Å². The molecular weight excluding hydrogens is 378 g/mol. The van der Waals surface area contributed by atoms with Crippen molar-refractivity contribution in [2.24, 2.45) is 0 Å². The second kappa shape index (κ2) is 9.43. The minimum absolute atomic E-state index is 0.0357. The van der Waals surface area contributed by atoms with E-state index in [1.807, 2.05) is 0 Å². The zero-order valence-corrected chi connectivity index (χ0v) is 17.1. The highest BCUT2D eigenvalue weighted by Gasteiger charge is 2.28. The Bertz CT molecular complexity index is 832. The maximum Gasteiger partial charge on any atom is 0.240 e. The number of anilines is 1. The molecule has 2 aliphatic carbocycles. The molecule has 1 aromatic rings. The van der Waals surface area contributed by atoms with E-state index < -0.39 is 10.0 Å². The number of benzene rings is 1. The molecule has 0 heterocycles. The molecule has 154 valence electrons. The molecule has 1 fully saturated rings. The Labute approximate surface area is 167 Å². The molecule has 8 heteroatoms. The Balaban J connectivity index is 1.54. The summed E-state index contributed by atoms with van der Waals surface area (Å²) >= 11 is 0. The number of nitrogens with one attached hydrogen (secondary N) is 3. The standard InChI is InChI=1S/C20H29N3O4S/c1-27-19-10-9-17(28(25,26)23-16-7-8-16)13-18(19)22-14-20(24)21-12-11-15-5-3-2-4-6-15/h5,9-10,13,16,22-23H,2-4,6-8,11-12,14H2,1H3,(H,21,24). The number of carbonyl (C=O) groups excluding carboxylic acids is 1. The number of hydrogen-bond donors (Lipinski definition) is 3. The van der Waals surface area contributed by atoms with Gasteiger partial charge in [0, 0.05) is 12.6 Å². The van der Waals surface area contributed by atoms with E-state index in [0.717, 1.165) is 32.1 Å². The highest BCUT2D eigenvalue weighted by Crippen LogP contribution is 2.29. The number of methoxy groups -OCH3 is 1. The highest BCUT2D eigenvalue weighted by molar-refractivity contribution is 7.89.